The van der Waals surface area contributed by atoms with Gasteiger partial charge in [0.1, 0.15) is 19.8 Å². The molecular formula is C36H45BrN2O4S. The summed E-state index contributed by atoms with van der Waals surface area (Å²) in [5, 5.41) is 2.25. The predicted molar refractivity (Wildman–Crippen MR) is 174 cm³/mol. The second-order valence-corrected chi connectivity index (χ2v) is 13.8. The van der Waals surface area contributed by atoms with Crippen LogP contribution in [0.4, 0.5) is 0 Å². The number of halogens is 1. The molecule has 4 aromatic carbocycles. The molecule has 5 rings (SSSR count). The average Bonchev–Trinajstić information content (AvgIpc) is 3.01. The highest BCUT2D eigenvalue weighted by Gasteiger charge is 2.28. The van der Waals surface area contributed by atoms with Crippen molar-refractivity contribution in [1.82, 2.24) is 4.31 Å². The second kappa shape index (κ2) is 14.9. The fraction of sp³-hybridized carbons (Fsp3) is 0.389. The molecule has 1 aliphatic rings. The number of benzene rings is 4. The summed E-state index contributed by atoms with van der Waals surface area (Å²) in [4.78, 5) is 0.236. The number of unbranched alkanes of at least 4 members (excludes halogenated alkanes) is 1. The first kappa shape index (κ1) is 34.0. The molecule has 0 radical (unpaired) electrons. The number of ether oxygens (including phenoxy) is 2. The highest BCUT2D eigenvalue weighted by molar-refractivity contribution is 7.89. The number of nitrogens with zero attached hydrogens (tertiary/aromatic N) is 2. The third-order valence-corrected chi connectivity index (χ3v) is 10.6. The van der Waals surface area contributed by atoms with Gasteiger partial charge in [-0.25, -0.2) is 8.42 Å². The van der Waals surface area contributed by atoms with E-state index in [4.69, 9.17) is 9.47 Å². The van der Waals surface area contributed by atoms with Crippen LogP contribution in [0, 0.1) is 13.8 Å². The van der Waals surface area contributed by atoms with Gasteiger partial charge < -0.3 is 30.9 Å². The van der Waals surface area contributed by atoms with Crippen molar-refractivity contribution in [2.75, 3.05) is 39.4 Å². The topological polar surface area (TPSA) is 55.8 Å². The Morgan fingerprint density at radius 2 is 1.43 bits per heavy atom. The summed E-state index contributed by atoms with van der Waals surface area (Å²) < 4.78 is 42.2. The lowest BCUT2D eigenvalue weighted by molar-refractivity contribution is -0.938. The largest absolute Gasteiger partial charge is 1.00 e. The number of aryl methyl sites for hydroxylation is 2. The van der Waals surface area contributed by atoms with Crippen LogP contribution in [0.3, 0.4) is 0 Å². The van der Waals surface area contributed by atoms with Crippen LogP contribution in [0.5, 0.6) is 11.5 Å². The molecule has 0 bridgehead atoms. The van der Waals surface area contributed by atoms with Crippen LogP contribution in [-0.4, -0.2) is 56.6 Å². The number of hydrogen-bond acceptors (Lipinski definition) is 4. The van der Waals surface area contributed by atoms with E-state index in [2.05, 4.69) is 70.2 Å². The Hall–Kier alpha value is -2.91. The summed E-state index contributed by atoms with van der Waals surface area (Å²) in [7, 11) is -3.78. The van der Waals surface area contributed by atoms with Gasteiger partial charge in [0.2, 0.25) is 10.0 Å². The first-order valence-corrected chi connectivity index (χ1v) is 16.9. The van der Waals surface area contributed by atoms with Gasteiger partial charge >= 0.3 is 0 Å². The Balaban J connectivity index is 0.00000442. The molecule has 0 aromatic heterocycles. The maximum atomic E-state index is 14.1. The predicted octanol–water partition coefficient (Wildman–Crippen LogP) is 4.26. The Morgan fingerprint density at radius 3 is 2.14 bits per heavy atom. The van der Waals surface area contributed by atoms with Gasteiger partial charge in [0.05, 0.1) is 24.5 Å². The maximum Gasteiger partial charge on any atom is 0.243 e. The SMILES string of the molecule is CC[N+](CC)(CCCCN(Cc1ccc2ccccc2c1)S(=O)(=O)c1ccc2c(c1)OCCO2)Cc1cc(C)cc(C)c1.[Br-]. The molecule has 1 heterocycles. The molecule has 8 heteroatoms. The number of quaternary nitrogens is 1. The van der Waals surface area contributed by atoms with Crippen molar-refractivity contribution < 1.29 is 39.4 Å². The lowest BCUT2D eigenvalue weighted by Crippen LogP contribution is -3.00. The Bertz CT molecular complexity index is 1650. The molecule has 0 saturated carbocycles. The van der Waals surface area contributed by atoms with Gasteiger partial charge in [0.25, 0.3) is 0 Å². The zero-order valence-electron chi connectivity index (χ0n) is 26.4. The van der Waals surface area contributed by atoms with Crippen molar-refractivity contribution in [1.29, 1.82) is 0 Å². The van der Waals surface area contributed by atoms with E-state index in [1.165, 1.54) is 16.7 Å². The van der Waals surface area contributed by atoms with Crippen molar-refractivity contribution in [3.63, 3.8) is 0 Å². The van der Waals surface area contributed by atoms with Crippen molar-refractivity contribution >= 4 is 20.8 Å². The standard InChI is InChI=1S/C36H45N2O4S.BrH/c1-5-38(6-2,27-31-22-28(3)21-29(4)23-31)18-10-9-17-37(26-30-13-14-32-11-7-8-12-33(32)24-30)43(39,40)34-15-16-35-36(25-34)42-20-19-41-35;/h7-8,11-16,21-25H,5-6,9-10,17-20,26-27H2,1-4H3;1H/q+1;/p-1. The van der Waals surface area contributed by atoms with Crippen molar-refractivity contribution in [3.05, 3.63) is 101 Å². The molecule has 0 spiro atoms. The molecule has 6 nitrogen and oxygen atoms in total. The fourth-order valence-corrected chi connectivity index (χ4v) is 7.77. The Labute approximate surface area is 274 Å². The van der Waals surface area contributed by atoms with Crippen molar-refractivity contribution in [2.24, 2.45) is 0 Å². The van der Waals surface area contributed by atoms with Gasteiger partial charge in [-0.05, 0) is 75.1 Å². The van der Waals surface area contributed by atoms with E-state index in [0.717, 1.165) is 59.8 Å². The van der Waals surface area contributed by atoms with E-state index >= 15 is 0 Å². The monoisotopic (exact) mass is 680 g/mol. The number of fused-ring (bicyclic) bond motifs is 2. The van der Waals surface area contributed by atoms with Crippen LogP contribution in [0.1, 0.15) is 48.9 Å². The van der Waals surface area contributed by atoms with Gasteiger partial charge in [0, 0.05) is 24.7 Å². The molecule has 0 aliphatic carbocycles. The van der Waals surface area contributed by atoms with Crippen molar-refractivity contribution in [2.45, 2.75) is 58.5 Å². The Kier molecular flexibility index (Phi) is 11.5. The molecule has 236 valence electrons. The summed E-state index contributed by atoms with van der Waals surface area (Å²) in [6.45, 7) is 14.6. The minimum absolute atomic E-state index is 0. The second-order valence-electron chi connectivity index (χ2n) is 11.9. The minimum atomic E-state index is -3.78. The van der Waals surface area contributed by atoms with Crippen LogP contribution >= 0.6 is 0 Å². The Morgan fingerprint density at radius 1 is 0.750 bits per heavy atom. The van der Waals surface area contributed by atoms with Gasteiger partial charge in [-0.1, -0.05) is 65.7 Å². The lowest BCUT2D eigenvalue weighted by atomic mass is 10.1. The summed E-state index contributed by atoms with van der Waals surface area (Å²) in [6.07, 6.45) is 1.72. The van der Waals surface area contributed by atoms with Gasteiger partial charge in [0.15, 0.2) is 11.5 Å². The van der Waals surface area contributed by atoms with Gasteiger partial charge in [-0.2, -0.15) is 4.31 Å². The molecular weight excluding hydrogens is 636 g/mol. The molecule has 0 amide bonds. The third-order valence-electron chi connectivity index (χ3n) is 8.76. The van der Waals surface area contributed by atoms with Gasteiger partial charge in [-0.3, -0.25) is 0 Å². The van der Waals surface area contributed by atoms with E-state index in [0.29, 0.717) is 37.8 Å². The number of sulfonamides is 1. The third kappa shape index (κ3) is 8.02. The van der Waals surface area contributed by atoms with Crippen LogP contribution in [0.15, 0.2) is 83.8 Å². The van der Waals surface area contributed by atoms with Crippen LogP contribution in [0.25, 0.3) is 10.8 Å². The lowest BCUT2D eigenvalue weighted by Gasteiger charge is -2.37. The normalized spacial score (nSPS) is 13.2. The van der Waals surface area contributed by atoms with E-state index in [-0.39, 0.29) is 21.9 Å². The highest BCUT2D eigenvalue weighted by atomic mass is 79.9. The van der Waals surface area contributed by atoms with Crippen LogP contribution < -0.4 is 26.5 Å². The molecule has 4 aromatic rings. The van der Waals surface area contributed by atoms with E-state index < -0.39 is 10.0 Å². The number of hydrogen-bond donors (Lipinski definition) is 0. The molecule has 44 heavy (non-hydrogen) atoms. The van der Waals surface area contributed by atoms with Crippen LogP contribution in [-0.2, 0) is 23.1 Å². The first-order valence-electron chi connectivity index (χ1n) is 15.5. The van der Waals surface area contributed by atoms with E-state index in [1.807, 2.05) is 18.2 Å². The molecule has 0 atom stereocenters. The van der Waals surface area contributed by atoms with Crippen LogP contribution in [0.2, 0.25) is 0 Å². The summed E-state index contributed by atoms with van der Waals surface area (Å²) >= 11 is 0. The van der Waals surface area contributed by atoms with Crippen molar-refractivity contribution in [3.8, 4) is 11.5 Å². The summed E-state index contributed by atoms with van der Waals surface area (Å²) in [6, 6.07) is 26.2. The summed E-state index contributed by atoms with van der Waals surface area (Å²) in [5.41, 5.74) is 4.95. The zero-order valence-corrected chi connectivity index (χ0v) is 28.8. The minimum Gasteiger partial charge on any atom is -1.00 e. The average molecular weight is 682 g/mol. The van der Waals surface area contributed by atoms with Gasteiger partial charge in [-0.15, -0.1) is 0 Å². The maximum absolute atomic E-state index is 14.1. The highest BCUT2D eigenvalue weighted by Crippen LogP contribution is 2.34. The smallest absolute Gasteiger partial charge is 0.243 e. The number of rotatable bonds is 13. The quantitative estimate of drug-likeness (QED) is 0.157. The fourth-order valence-electron chi connectivity index (χ4n) is 6.28. The van der Waals surface area contributed by atoms with E-state index in [9.17, 15) is 8.42 Å². The first-order chi connectivity index (χ1) is 20.7. The molecule has 0 unspecified atom stereocenters. The van der Waals surface area contributed by atoms with E-state index in [1.54, 1.807) is 22.5 Å². The zero-order chi connectivity index (χ0) is 30.5. The molecule has 0 saturated heterocycles. The molecule has 0 fully saturated rings. The molecule has 0 N–H and O–H groups in total. The summed E-state index contributed by atoms with van der Waals surface area (Å²) in [5.74, 6) is 1.07. The molecule has 1 aliphatic heterocycles.